The van der Waals surface area contributed by atoms with Gasteiger partial charge >= 0.3 is 0 Å². The van der Waals surface area contributed by atoms with Crippen molar-refractivity contribution in [1.82, 2.24) is 0 Å². The molecule has 0 fully saturated rings. The van der Waals surface area contributed by atoms with E-state index < -0.39 is 58.8 Å². The standard InChI is InChI=1S/C16H15N3O9S2/c1-9(20)14(16(22)17-10-5-3-2-4-6-10)19-18-12-7-11(29(23,24)25)8-13(15(12)21)30(26,27)28/h2-8,20-21H,1H3,(H,17,22)(H,23,24,25)(H,26,27,28)/b14-9-,19-18?. The molecule has 0 heterocycles. The first-order chi connectivity index (χ1) is 13.8. The van der Waals surface area contributed by atoms with Crippen molar-refractivity contribution in [1.29, 1.82) is 0 Å². The van der Waals surface area contributed by atoms with Gasteiger partial charge in [0.2, 0.25) is 0 Å². The number of phenolic OH excluding ortho intramolecular Hbond substituents is 1. The molecule has 12 nitrogen and oxygen atoms in total. The van der Waals surface area contributed by atoms with Crippen LogP contribution in [0.5, 0.6) is 5.75 Å². The van der Waals surface area contributed by atoms with Gasteiger partial charge in [-0.1, -0.05) is 18.2 Å². The number of para-hydroxylation sites is 1. The Morgan fingerprint density at radius 3 is 2.10 bits per heavy atom. The molecule has 0 radical (unpaired) electrons. The van der Waals surface area contributed by atoms with Crippen molar-refractivity contribution in [2.24, 2.45) is 10.2 Å². The third-order valence-electron chi connectivity index (χ3n) is 3.45. The van der Waals surface area contributed by atoms with Crippen molar-refractivity contribution in [2.45, 2.75) is 16.7 Å². The topological polar surface area (TPSA) is 203 Å². The van der Waals surface area contributed by atoms with Gasteiger partial charge in [0, 0.05) is 5.69 Å². The molecule has 2 aromatic carbocycles. The fourth-order valence-corrected chi connectivity index (χ4v) is 3.31. The number of nitrogens with zero attached hydrogens (tertiary/aromatic N) is 2. The molecule has 0 aliphatic rings. The fourth-order valence-electron chi connectivity index (χ4n) is 2.09. The summed E-state index contributed by atoms with van der Waals surface area (Å²) in [7, 11) is -10.1. The number of aliphatic hydroxyl groups is 1. The molecule has 1 amide bonds. The summed E-state index contributed by atoms with van der Waals surface area (Å²) >= 11 is 0. The van der Waals surface area contributed by atoms with Crippen molar-refractivity contribution in [3.8, 4) is 5.75 Å². The summed E-state index contributed by atoms with van der Waals surface area (Å²) in [4.78, 5) is 10.00. The minimum Gasteiger partial charge on any atom is -0.510 e. The van der Waals surface area contributed by atoms with Crippen molar-refractivity contribution in [3.05, 3.63) is 53.9 Å². The maximum atomic E-state index is 12.3. The van der Waals surface area contributed by atoms with Gasteiger partial charge in [0.05, 0.1) is 4.90 Å². The number of carbonyl (C=O) groups is 1. The Morgan fingerprint density at radius 2 is 1.60 bits per heavy atom. The first-order valence-electron chi connectivity index (χ1n) is 7.80. The normalized spacial score (nSPS) is 13.2. The number of allylic oxidation sites excluding steroid dienone is 1. The predicted molar refractivity (Wildman–Crippen MR) is 103 cm³/mol. The van der Waals surface area contributed by atoms with Crippen LogP contribution in [0.4, 0.5) is 11.4 Å². The van der Waals surface area contributed by atoms with Gasteiger partial charge in [0.1, 0.15) is 16.3 Å². The Kier molecular flexibility index (Phi) is 6.57. The lowest BCUT2D eigenvalue weighted by Gasteiger charge is -2.08. The van der Waals surface area contributed by atoms with Crippen LogP contribution in [0.15, 0.2) is 73.9 Å². The van der Waals surface area contributed by atoms with E-state index in [-0.39, 0.29) is 0 Å². The number of phenols is 1. The van der Waals surface area contributed by atoms with E-state index in [9.17, 15) is 31.8 Å². The van der Waals surface area contributed by atoms with Gasteiger partial charge in [-0.3, -0.25) is 13.9 Å². The van der Waals surface area contributed by atoms with Crippen LogP contribution in [0.25, 0.3) is 0 Å². The highest BCUT2D eigenvalue weighted by Gasteiger charge is 2.24. The zero-order valence-electron chi connectivity index (χ0n) is 15.1. The Labute approximate surface area is 170 Å². The van der Waals surface area contributed by atoms with Gasteiger partial charge in [-0.2, -0.15) is 16.8 Å². The lowest BCUT2D eigenvalue weighted by molar-refractivity contribution is -0.113. The molecule has 2 rings (SSSR count). The maximum Gasteiger partial charge on any atom is 0.298 e. The van der Waals surface area contributed by atoms with Gasteiger partial charge in [-0.15, -0.1) is 10.2 Å². The Balaban J connectivity index is 2.53. The molecule has 5 N–H and O–H groups in total. The molecule has 30 heavy (non-hydrogen) atoms. The highest BCUT2D eigenvalue weighted by atomic mass is 32.2. The van der Waals surface area contributed by atoms with E-state index in [1.54, 1.807) is 30.3 Å². The number of hydrogen-bond donors (Lipinski definition) is 5. The van der Waals surface area contributed by atoms with Gasteiger partial charge in [-0.25, -0.2) is 0 Å². The monoisotopic (exact) mass is 457 g/mol. The van der Waals surface area contributed by atoms with E-state index in [0.29, 0.717) is 17.8 Å². The first kappa shape index (κ1) is 23.0. The number of rotatable bonds is 6. The van der Waals surface area contributed by atoms with Gasteiger partial charge in [0.25, 0.3) is 26.1 Å². The molecule has 0 spiro atoms. The van der Waals surface area contributed by atoms with Gasteiger partial charge in [0.15, 0.2) is 11.4 Å². The molecule has 0 saturated carbocycles. The van der Waals surface area contributed by atoms with Crippen LogP contribution in [0.3, 0.4) is 0 Å². The lowest BCUT2D eigenvalue weighted by Crippen LogP contribution is -2.14. The van der Waals surface area contributed by atoms with Crippen LogP contribution in [0.1, 0.15) is 6.92 Å². The van der Waals surface area contributed by atoms with E-state index in [1.165, 1.54) is 0 Å². The molecule has 0 aromatic heterocycles. The number of aliphatic hydroxyl groups excluding tert-OH is 1. The average Bonchev–Trinajstić information content (AvgIpc) is 2.61. The van der Waals surface area contributed by atoms with Crippen LogP contribution in [-0.4, -0.2) is 42.1 Å². The molecule has 0 aliphatic carbocycles. The van der Waals surface area contributed by atoms with Gasteiger partial charge < -0.3 is 15.5 Å². The minimum atomic E-state index is -5.12. The molecule has 2 aromatic rings. The summed E-state index contributed by atoms with van der Waals surface area (Å²) in [5.74, 6) is -2.73. The molecular weight excluding hydrogens is 442 g/mol. The third-order valence-corrected chi connectivity index (χ3v) is 5.15. The second-order valence-corrected chi connectivity index (χ2v) is 8.50. The van der Waals surface area contributed by atoms with Crippen LogP contribution < -0.4 is 5.32 Å². The van der Waals surface area contributed by atoms with Crippen molar-refractivity contribution >= 4 is 37.5 Å². The van der Waals surface area contributed by atoms with E-state index in [1.807, 2.05) is 0 Å². The number of anilines is 1. The fraction of sp³-hybridized carbons (Fsp3) is 0.0625. The highest BCUT2D eigenvalue weighted by molar-refractivity contribution is 7.86. The Morgan fingerprint density at radius 1 is 1.00 bits per heavy atom. The van der Waals surface area contributed by atoms with Crippen LogP contribution >= 0.6 is 0 Å². The second kappa shape index (κ2) is 8.58. The number of azo groups is 1. The number of benzene rings is 2. The summed E-state index contributed by atoms with van der Waals surface area (Å²) in [6.07, 6.45) is 0. The molecule has 0 saturated heterocycles. The summed E-state index contributed by atoms with van der Waals surface area (Å²) < 4.78 is 63.7. The molecule has 14 heteroatoms. The number of aromatic hydroxyl groups is 1. The Bertz CT molecular complexity index is 1250. The molecule has 0 atom stereocenters. The summed E-state index contributed by atoms with van der Waals surface area (Å²) in [5.41, 5.74) is -1.13. The van der Waals surface area contributed by atoms with E-state index in [0.717, 1.165) is 6.92 Å². The van der Waals surface area contributed by atoms with E-state index in [2.05, 4.69) is 15.5 Å². The number of carbonyl (C=O) groups excluding carboxylic acids is 1. The number of amides is 1. The third kappa shape index (κ3) is 5.60. The molecule has 0 unspecified atom stereocenters. The average molecular weight is 457 g/mol. The van der Waals surface area contributed by atoms with Crippen LogP contribution in [0.2, 0.25) is 0 Å². The summed E-state index contributed by atoms with van der Waals surface area (Å²) in [6, 6.07) is 8.88. The highest BCUT2D eigenvalue weighted by Crippen LogP contribution is 2.36. The van der Waals surface area contributed by atoms with Crippen LogP contribution in [-0.2, 0) is 25.0 Å². The quantitative estimate of drug-likeness (QED) is 0.187. The molecular formula is C16H15N3O9S2. The maximum absolute atomic E-state index is 12.3. The number of nitrogens with one attached hydrogen (secondary N) is 1. The molecule has 0 bridgehead atoms. The van der Waals surface area contributed by atoms with E-state index in [4.69, 9.17) is 9.11 Å². The Hall–Kier alpha value is -3.33. The second-order valence-electron chi connectivity index (χ2n) is 5.69. The summed E-state index contributed by atoms with van der Waals surface area (Å²) in [6.45, 7) is 1.09. The SMILES string of the molecule is C/C(O)=C(/N=Nc1cc(S(=O)(=O)O)cc(S(=O)(=O)O)c1O)C(=O)Nc1ccccc1. The number of hydrogen-bond acceptors (Lipinski definition) is 9. The van der Waals surface area contributed by atoms with Crippen LogP contribution in [0, 0.1) is 0 Å². The van der Waals surface area contributed by atoms with Gasteiger partial charge in [-0.05, 0) is 31.2 Å². The summed E-state index contributed by atoms with van der Waals surface area (Å²) in [5, 5.41) is 28.9. The smallest absolute Gasteiger partial charge is 0.298 e. The van der Waals surface area contributed by atoms with E-state index >= 15 is 0 Å². The predicted octanol–water partition coefficient (Wildman–Crippen LogP) is 2.40. The first-order valence-corrected chi connectivity index (χ1v) is 10.7. The van der Waals surface area contributed by atoms with Crippen molar-refractivity contribution < 1.29 is 40.9 Å². The zero-order valence-corrected chi connectivity index (χ0v) is 16.7. The molecule has 160 valence electrons. The van der Waals surface area contributed by atoms with Crippen molar-refractivity contribution in [2.75, 3.05) is 5.32 Å². The lowest BCUT2D eigenvalue weighted by atomic mass is 10.3. The largest absolute Gasteiger partial charge is 0.510 e. The van der Waals surface area contributed by atoms with Crippen molar-refractivity contribution in [3.63, 3.8) is 0 Å². The molecule has 0 aliphatic heterocycles. The zero-order chi connectivity index (χ0) is 22.7. The minimum absolute atomic E-state index is 0.301.